The largest absolute Gasteiger partial charge is 0.495 e. The third kappa shape index (κ3) is 5.00. The lowest BCUT2D eigenvalue weighted by molar-refractivity contribution is 0.102. The lowest BCUT2D eigenvalue weighted by Gasteiger charge is -2.13. The first-order valence-electron chi connectivity index (χ1n) is 8.32. The quantitative estimate of drug-likeness (QED) is 0.549. The fourth-order valence-electron chi connectivity index (χ4n) is 2.54. The Labute approximate surface area is 178 Å². The molecular formula is C20H16Cl2N2O4S. The molecule has 0 saturated carbocycles. The van der Waals surface area contributed by atoms with Crippen LogP contribution >= 0.6 is 23.2 Å². The molecule has 9 heteroatoms. The highest BCUT2D eigenvalue weighted by molar-refractivity contribution is 7.92. The molecule has 0 heterocycles. The number of ether oxygens (including phenoxy) is 1. The Bertz CT molecular complexity index is 1150. The van der Waals surface area contributed by atoms with Crippen molar-refractivity contribution in [3.8, 4) is 5.75 Å². The summed E-state index contributed by atoms with van der Waals surface area (Å²) < 4.78 is 32.7. The molecule has 29 heavy (non-hydrogen) atoms. The fourth-order valence-corrected chi connectivity index (χ4v) is 3.99. The van der Waals surface area contributed by atoms with Gasteiger partial charge in [-0.15, -0.1) is 0 Å². The molecule has 3 aromatic carbocycles. The summed E-state index contributed by atoms with van der Waals surface area (Å²) in [4.78, 5) is 12.8. The molecule has 0 saturated heterocycles. The molecule has 3 rings (SSSR count). The Morgan fingerprint density at radius 2 is 1.69 bits per heavy atom. The Morgan fingerprint density at radius 3 is 2.38 bits per heavy atom. The van der Waals surface area contributed by atoms with Gasteiger partial charge in [0.2, 0.25) is 0 Å². The summed E-state index contributed by atoms with van der Waals surface area (Å²) in [5, 5.41) is 3.24. The van der Waals surface area contributed by atoms with Crippen molar-refractivity contribution in [3.05, 3.63) is 82.3 Å². The molecule has 0 fully saturated rings. The minimum Gasteiger partial charge on any atom is -0.495 e. The molecule has 0 bridgehead atoms. The third-order valence-electron chi connectivity index (χ3n) is 3.93. The molecule has 0 aromatic heterocycles. The minimum absolute atomic E-state index is 0.0851. The van der Waals surface area contributed by atoms with E-state index in [9.17, 15) is 13.2 Å². The van der Waals surface area contributed by atoms with Crippen molar-refractivity contribution in [2.24, 2.45) is 0 Å². The average molecular weight is 451 g/mol. The number of nitrogens with one attached hydrogen (secondary N) is 2. The van der Waals surface area contributed by atoms with Gasteiger partial charge >= 0.3 is 0 Å². The zero-order valence-corrected chi connectivity index (χ0v) is 17.5. The van der Waals surface area contributed by atoms with Gasteiger partial charge in [-0.05, 0) is 48.5 Å². The van der Waals surface area contributed by atoms with Gasteiger partial charge in [-0.2, -0.15) is 0 Å². The topological polar surface area (TPSA) is 84.5 Å². The summed E-state index contributed by atoms with van der Waals surface area (Å²) in [6, 6.07) is 16.9. The summed E-state index contributed by atoms with van der Waals surface area (Å²) in [5.74, 6) is -0.129. The molecular weight excluding hydrogens is 435 g/mol. The van der Waals surface area contributed by atoms with Gasteiger partial charge < -0.3 is 10.1 Å². The standard InChI is InChI=1S/C20H16Cl2N2O4S/c1-28-19-10-7-13(21)11-18(19)23-20(25)16-12-14(8-9-17(16)22)24-29(26,27)15-5-3-2-4-6-15/h2-12,24H,1H3,(H,23,25). The van der Waals surface area contributed by atoms with Crippen molar-refractivity contribution in [2.75, 3.05) is 17.1 Å². The Hall–Kier alpha value is -2.74. The minimum atomic E-state index is -3.81. The first-order chi connectivity index (χ1) is 13.8. The molecule has 2 N–H and O–H groups in total. The SMILES string of the molecule is COc1ccc(Cl)cc1NC(=O)c1cc(NS(=O)(=O)c2ccccc2)ccc1Cl. The second kappa shape index (κ2) is 8.73. The molecule has 0 spiro atoms. The summed E-state index contributed by atoms with van der Waals surface area (Å²) in [6.07, 6.45) is 0. The van der Waals surface area contributed by atoms with Crippen LogP contribution in [0.1, 0.15) is 10.4 Å². The fraction of sp³-hybridized carbons (Fsp3) is 0.0500. The second-order valence-corrected chi connectivity index (χ2v) is 8.44. The third-order valence-corrected chi connectivity index (χ3v) is 5.89. The Kier molecular flexibility index (Phi) is 6.32. The first-order valence-corrected chi connectivity index (χ1v) is 10.6. The molecule has 0 aliphatic carbocycles. The number of methoxy groups -OCH3 is 1. The van der Waals surface area contributed by atoms with Crippen LogP contribution in [0.3, 0.4) is 0 Å². The van der Waals surface area contributed by atoms with E-state index in [-0.39, 0.29) is 21.2 Å². The average Bonchev–Trinajstić information content (AvgIpc) is 2.70. The summed E-state index contributed by atoms with van der Waals surface area (Å²) in [6.45, 7) is 0. The number of carbonyl (C=O) groups is 1. The van der Waals surface area contributed by atoms with Crippen LogP contribution in [0.4, 0.5) is 11.4 Å². The van der Waals surface area contributed by atoms with Gasteiger partial charge in [-0.1, -0.05) is 41.4 Å². The number of hydrogen-bond donors (Lipinski definition) is 2. The van der Waals surface area contributed by atoms with Gasteiger partial charge in [0.05, 0.1) is 28.3 Å². The number of carbonyl (C=O) groups excluding carboxylic acids is 1. The van der Waals surface area contributed by atoms with Crippen molar-refractivity contribution in [2.45, 2.75) is 4.90 Å². The molecule has 0 aliphatic rings. The van der Waals surface area contributed by atoms with Crippen LogP contribution in [-0.2, 0) is 10.0 Å². The highest BCUT2D eigenvalue weighted by Crippen LogP contribution is 2.29. The first kappa shape index (κ1) is 21.0. The monoisotopic (exact) mass is 450 g/mol. The number of amides is 1. The molecule has 0 aliphatic heterocycles. The number of anilines is 2. The van der Waals surface area contributed by atoms with E-state index < -0.39 is 15.9 Å². The zero-order valence-electron chi connectivity index (χ0n) is 15.1. The maximum Gasteiger partial charge on any atom is 0.261 e. The van der Waals surface area contributed by atoms with Crippen molar-refractivity contribution < 1.29 is 17.9 Å². The summed E-state index contributed by atoms with van der Waals surface area (Å²) in [5.41, 5.74) is 0.639. The van der Waals surface area contributed by atoms with E-state index in [4.69, 9.17) is 27.9 Å². The van der Waals surface area contributed by atoms with E-state index in [0.29, 0.717) is 16.5 Å². The van der Waals surface area contributed by atoms with Crippen molar-refractivity contribution in [1.82, 2.24) is 0 Å². The molecule has 3 aromatic rings. The molecule has 0 unspecified atom stereocenters. The zero-order chi connectivity index (χ0) is 21.0. The van der Waals surface area contributed by atoms with E-state index in [1.54, 1.807) is 30.3 Å². The molecule has 6 nitrogen and oxygen atoms in total. The maximum atomic E-state index is 12.7. The number of rotatable bonds is 6. The van der Waals surface area contributed by atoms with Crippen LogP contribution in [0, 0.1) is 0 Å². The van der Waals surface area contributed by atoms with E-state index in [1.165, 1.54) is 43.5 Å². The lowest BCUT2D eigenvalue weighted by atomic mass is 10.2. The summed E-state index contributed by atoms with van der Waals surface area (Å²) >= 11 is 12.1. The van der Waals surface area contributed by atoms with Gasteiger partial charge in [0.15, 0.2) is 0 Å². The van der Waals surface area contributed by atoms with Gasteiger partial charge in [-0.25, -0.2) is 8.42 Å². The Morgan fingerprint density at radius 1 is 0.966 bits per heavy atom. The number of benzene rings is 3. The number of halogens is 2. The second-order valence-electron chi connectivity index (χ2n) is 5.91. The molecule has 0 radical (unpaired) electrons. The highest BCUT2D eigenvalue weighted by Gasteiger charge is 2.18. The predicted octanol–water partition coefficient (Wildman–Crippen LogP) is 5.06. The van der Waals surface area contributed by atoms with Crippen LogP contribution in [0.5, 0.6) is 5.75 Å². The van der Waals surface area contributed by atoms with Crippen LogP contribution in [0.15, 0.2) is 71.6 Å². The van der Waals surface area contributed by atoms with Gasteiger partial charge in [0.25, 0.3) is 15.9 Å². The van der Waals surface area contributed by atoms with Crippen molar-refractivity contribution >= 4 is 50.5 Å². The summed E-state index contributed by atoms with van der Waals surface area (Å²) in [7, 11) is -2.34. The van der Waals surface area contributed by atoms with Crippen molar-refractivity contribution in [3.63, 3.8) is 0 Å². The van der Waals surface area contributed by atoms with Crippen LogP contribution in [0.25, 0.3) is 0 Å². The molecule has 1 amide bonds. The number of hydrogen-bond acceptors (Lipinski definition) is 4. The van der Waals surface area contributed by atoms with Gasteiger partial charge in [0.1, 0.15) is 5.75 Å². The maximum absolute atomic E-state index is 12.7. The van der Waals surface area contributed by atoms with Crippen LogP contribution in [0.2, 0.25) is 10.0 Å². The normalized spacial score (nSPS) is 11.0. The molecule has 150 valence electrons. The van der Waals surface area contributed by atoms with Gasteiger partial charge in [-0.3, -0.25) is 9.52 Å². The smallest absolute Gasteiger partial charge is 0.261 e. The van der Waals surface area contributed by atoms with E-state index >= 15 is 0 Å². The predicted molar refractivity (Wildman–Crippen MR) is 115 cm³/mol. The van der Waals surface area contributed by atoms with E-state index in [1.807, 2.05) is 0 Å². The van der Waals surface area contributed by atoms with E-state index in [2.05, 4.69) is 10.0 Å². The Balaban J connectivity index is 1.88. The molecule has 0 atom stereocenters. The lowest BCUT2D eigenvalue weighted by Crippen LogP contribution is -2.16. The highest BCUT2D eigenvalue weighted by atomic mass is 35.5. The van der Waals surface area contributed by atoms with Crippen LogP contribution in [-0.4, -0.2) is 21.4 Å². The number of sulfonamides is 1. The van der Waals surface area contributed by atoms with E-state index in [0.717, 1.165) is 0 Å². The van der Waals surface area contributed by atoms with Crippen molar-refractivity contribution in [1.29, 1.82) is 0 Å². The van der Waals surface area contributed by atoms with Crippen LogP contribution < -0.4 is 14.8 Å². The van der Waals surface area contributed by atoms with Gasteiger partial charge in [0, 0.05) is 10.7 Å².